The molecule has 0 atom stereocenters. The molecule has 29 heavy (non-hydrogen) atoms. The zero-order valence-corrected chi connectivity index (χ0v) is 15.2. The Balaban J connectivity index is 1.52. The zero-order valence-electron chi connectivity index (χ0n) is 14.4. The lowest BCUT2D eigenvalue weighted by Crippen LogP contribution is -2.36. The number of pyridine rings is 1. The Morgan fingerprint density at radius 2 is 1.86 bits per heavy atom. The summed E-state index contributed by atoms with van der Waals surface area (Å²) < 4.78 is 50.7. The molecule has 0 saturated heterocycles. The number of furan rings is 1. The van der Waals surface area contributed by atoms with Gasteiger partial charge < -0.3 is 9.15 Å². The molecule has 11 heteroatoms. The normalized spacial score (nSPS) is 11.0. The van der Waals surface area contributed by atoms with Crippen molar-refractivity contribution in [3.05, 3.63) is 72.3 Å². The number of carbonyl (C=O) groups is 2. The van der Waals surface area contributed by atoms with E-state index in [4.69, 9.17) is 9.15 Å². The van der Waals surface area contributed by atoms with E-state index in [9.17, 15) is 22.8 Å². The number of hydrogen-bond acceptors (Lipinski definition) is 6. The topological polar surface area (TPSA) is 93.5 Å². The molecule has 0 aliphatic heterocycles. The highest BCUT2D eigenvalue weighted by molar-refractivity contribution is 7.98. The van der Waals surface area contributed by atoms with Gasteiger partial charge in [-0.15, -0.1) is 0 Å². The van der Waals surface area contributed by atoms with Crippen molar-refractivity contribution in [1.29, 1.82) is 0 Å². The molecular formula is C18H12F3N3O4S. The minimum Gasteiger partial charge on any atom is -0.459 e. The molecule has 0 saturated carbocycles. The number of hydrogen-bond donors (Lipinski definition) is 2. The first-order chi connectivity index (χ1) is 13.8. The smallest absolute Gasteiger partial charge is 0.416 e. The fourth-order valence-corrected chi connectivity index (χ4v) is 2.58. The molecule has 3 amide bonds. The highest BCUT2D eigenvalue weighted by Gasteiger charge is 2.31. The Hall–Kier alpha value is -3.47. The second-order valence-electron chi connectivity index (χ2n) is 5.42. The van der Waals surface area contributed by atoms with E-state index in [0.29, 0.717) is 4.90 Å². The van der Waals surface area contributed by atoms with E-state index in [-0.39, 0.29) is 17.4 Å². The lowest BCUT2D eigenvalue weighted by Gasteiger charge is -2.09. The molecule has 2 heterocycles. The largest absolute Gasteiger partial charge is 0.459 e. The number of rotatable bonds is 5. The summed E-state index contributed by atoms with van der Waals surface area (Å²) in [5.74, 6) is -0.631. The number of halogens is 3. The minimum atomic E-state index is -4.49. The molecule has 150 valence electrons. The second kappa shape index (κ2) is 8.69. The van der Waals surface area contributed by atoms with E-state index >= 15 is 0 Å². The molecule has 0 radical (unpaired) electrons. The molecule has 0 bridgehead atoms. The van der Waals surface area contributed by atoms with Crippen LogP contribution < -0.4 is 14.8 Å². The van der Waals surface area contributed by atoms with E-state index < -0.39 is 23.7 Å². The van der Waals surface area contributed by atoms with Gasteiger partial charge in [-0.3, -0.25) is 14.8 Å². The van der Waals surface area contributed by atoms with Crippen LogP contribution in [0.15, 0.2) is 70.3 Å². The summed E-state index contributed by atoms with van der Waals surface area (Å²) in [7, 11) is 0. The van der Waals surface area contributed by atoms with Gasteiger partial charge in [-0.25, -0.2) is 9.78 Å². The van der Waals surface area contributed by atoms with Crippen molar-refractivity contribution in [2.45, 2.75) is 11.1 Å². The summed E-state index contributed by atoms with van der Waals surface area (Å²) in [5.41, 5.74) is -0.867. The molecule has 1 aromatic carbocycles. The number of ether oxygens (including phenoxy) is 1. The van der Waals surface area contributed by atoms with E-state index in [0.717, 1.165) is 30.3 Å². The van der Waals surface area contributed by atoms with Crippen molar-refractivity contribution in [3.8, 4) is 11.6 Å². The van der Waals surface area contributed by atoms with Crippen molar-refractivity contribution in [3.63, 3.8) is 0 Å². The second-order valence-corrected chi connectivity index (χ2v) is 6.30. The molecular weight excluding hydrogens is 411 g/mol. The zero-order chi connectivity index (χ0) is 20.9. The maximum atomic E-state index is 12.7. The molecule has 0 fully saturated rings. The number of urea groups is 1. The number of nitrogens with one attached hydrogen (secondary N) is 2. The number of nitrogens with zero attached hydrogens (tertiary/aromatic N) is 1. The van der Waals surface area contributed by atoms with Crippen LogP contribution in [0.1, 0.15) is 16.1 Å². The van der Waals surface area contributed by atoms with Crippen LogP contribution in [0.25, 0.3) is 0 Å². The van der Waals surface area contributed by atoms with E-state index in [1.807, 2.05) is 0 Å². The lowest BCUT2D eigenvalue weighted by atomic mass is 10.2. The number of aromatic nitrogens is 1. The van der Waals surface area contributed by atoms with E-state index in [1.165, 1.54) is 30.5 Å². The number of benzene rings is 1. The Labute approximate surface area is 166 Å². The quantitative estimate of drug-likeness (QED) is 0.581. The third-order valence-electron chi connectivity index (χ3n) is 3.34. The molecule has 3 rings (SSSR count). The average Bonchev–Trinajstić information content (AvgIpc) is 3.22. The van der Waals surface area contributed by atoms with Crippen molar-refractivity contribution in [2.24, 2.45) is 0 Å². The van der Waals surface area contributed by atoms with Gasteiger partial charge in [-0.05, 0) is 54.4 Å². The summed E-state index contributed by atoms with van der Waals surface area (Å²) in [6.45, 7) is 0. The van der Waals surface area contributed by atoms with Crippen LogP contribution in [-0.2, 0) is 6.18 Å². The maximum Gasteiger partial charge on any atom is 0.416 e. The van der Waals surface area contributed by atoms with Crippen LogP contribution in [-0.4, -0.2) is 16.9 Å². The molecule has 3 aromatic rings. The summed E-state index contributed by atoms with van der Waals surface area (Å²) in [6.07, 6.45) is -2.18. The maximum absolute atomic E-state index is 12.7. The van der Waals surface area contributed by atoms with Gasteiger partial charge in [-0.2, -0.15) is 13.2 Å². The van der Waals surface area contributed by atoms with Crippen LogP contribution in [0.2, 0.25) is 0 Å². The molecule has 0 aliphatic carbocycles. The fourth-order valence-electron chi connectivity index (χ4n) is 2.04. The Kier molecular flexibility index (Phi) is 6.07. The molecule has 0 spiro atoms. The fraction of sp³-hybridized carbons (Fsp3) is 0.0556. The first-order valence-electron chi connectivity index (χ1n) is 7.94. The van der Waals surface area contributed by atoms with Crippen LogP contribution in [0.4, 0.5) is 18.0 Å². The van der Waals surface area contributed by atoms with Crippen LogP contribution in [0.3, 0.4) is 0 Å². The van der Waals surface area contributed by atoms with Crippen LogP contribution in [0.5, 0.6) is 11.6 Å². The van der Waals surface area contributed by atoms with Gasteiger partial charge in [0.05, 0.1) is 11.8 Å². The standard InChI is InChI=1S/C18H12F3N3O4S/c19-18(20,21)11-7-8-22-15(10-11)28-12-3-5-13(6-4-12)29-24-17(26)23-16(25)14-2-1-9-27-14/h1-10H,(H2,23,24,25,26). The SMILES string of the molecule is O=C(NSc1ccc(Oc2cc(C(F)(F)F)ccn2)cc1)NC(=O)c1ccco1. The average molecular weight is 423 g/mol. The Morgan fingerprint density at radius 3 is 2.52 bits per heavy atom. The van der Waals surface area contributed by atoms with Crippen LogP contribution >= 0.6 is 11.9 Å². The van der Waals surface area contributed by atoms with Gasteiger partial charge >= 0.3 is 12.2 Å². The minimum absolute atomic E-state index is 0.00477. The molecule has 2 N–H and O–H groups in total. The number of imide groups is 1. The highest BCUT2D eigenvalue weighted by Crippen LogP contribution is 2.31. The molecule has 0 aliphatic rings. The first kappa shape index (κ1) is 20.3. The summed E-state index contributed by atoms with van der Waals surface area (Å²) >= 11 is 0.924. The van der Waals surface area contributed by atoms with Gasteiger partial charge in [0, 0.05) is 17.2 Å². The van der Waals surface area contributed by atoms with E-state index in [1.54, 1.807) is 12.1 Å². The van der Waals surface area contributed by atoms with E-state index in [2.05, 4.69) is 15.0 Å². The van der Waals surface area contributed by atoms with Gasteiger partial charge in [-0.1, -0.05) is 0 Å². The summed E-state index contributed by atoms with van der Waals surface area (Å²) in [6, 6.07) is 9.96. The summed E-state index contributed by atoms with van der Waals surface area (Å²) in [5, 5.41) is 2.09. The van der Waals surface area contributed by atoms with Crippen LogP contribution in [0, 0.1) is 0 Å². The van der Waals surface area contributed by atoms with Gasteiger partial charge in [0.25, 0.3) is 5.91 Å². The Bertz CT molecular complexity index is 992. The number of alkyl halides is 3. The van der Waals surface area contributed by atoms with Crippen molar-refractivity contribution < 1.29 is 31.9 Å². The Morgan fingerprint density at radius 1 is 1.10 bits per heavy atom. The number of amides is 3. The van der Waals surface area contributed by atoms with Gasteiger partial charge in [0.2, 0.25) is 5.88 Å². The lowest BCUT2D eigenvalue weighted by molar-refractivity contribution is -0.137. The van der Waals surface area contributed by atoms with Crippen molar-refractivity contribution >= 4 is 23.9 Å². The molecule has 2 aromatic heterocycles. The third kappa shape index (κ3) is 5.75. The third-order valence-corrected chi connectivity index (χ3v) is 4.14. The molecule has 0 unspecified atom stereocenters. The predicted molar refractivity (Wildman–Crippen MR) is 96.3 cm³/mol. The van der Waals surface area contributed by atoms with Crippen molar-refractivity contribution in [2.75, 3.05) is 0 Å². The first-order valence-corrected chi connectivity index (χ1v) is 8.76. The van der Waals surface area contributed by atoms with Gasteiger partial charge in [0.15, 0.2) is 5.76 Å². The summed E-state index contributed by atoms with van der Waals surface area (Å²) in [4.78, 5) is 27.7. The molecule has 7 nitrogen and oxygen atoms in total. The predicted octanol–water partition coefficient (Wildman–Crippen LogP) is 4.63. The van der Waals surface area contributed by atoms with Crippen molar-refractivity contribution in [1.82, 2.24) is 15.0 Å². The number of carbonyl (C=O) groups excluding carboxylic acids is 2. The highest BCUT2D eigenvalue weighted by atomic mass is 32.2. The van der Waals surface area contributed by atoms with Gasteiger partial charge in [0.1, 0.15) is 5.75 Å². The monoisotopic (exact) mass is 423 g/mol.